The number of carbonyl (C=O) groups excluding carboxylic acids is 1. The summed E-state index contributed by atoms with van der Waals surface area (Å²) in [5, 5.41) is 13.9. The third kappa shape index (κ3) is 61.7. The fourth-order valence-electron chi connectivity index (χ4n) is 9.75. The maximum absolute atomic E-state index is 13.0. The monoisotopic (exact) mass is 1100 g/mol. The Hall–Kier alpha value is -1.80. The molecule has 8 nitrogen and oxygen atoms in total. The number of carbonyl (C=O) groups is 1. The summed E-state index contributed by atoms with van der Waals surface area (Å²) >= 11 is 0. The quantitative estimate of drug-likeness (QED) is 0.0243. The zero-order chi connectivity index (χ0) is 56.3. The first kappa shape index (κ1) is 75.2. The Morgan fingerprint density at radius 3 is 1.12 bits per heavy atom. The number of phosphoric ester groups is 1. The number of nitrogens with zero attached hydrogens (tertiary/aromatic N) is 1. The Kier molecular flexibility index (Phi) is 57.5. The van der Waals surface area contributed by atoms with Gasteiger partial charge in [-0.05, 0) is 77.0 Å². The van der Waals surface area contributed by atoms with E-state index in [1.165, 1.54) is 244 Å². The van der Waals surface area contributed by atoms with Crippen LogP contribution in [0.25, 0.3) is 0 Å². The molecule has 1 amide bonds. The maximum Gasteiger partial charge on any atom is 0.472 e. The molecule has 0 rings (SSSR count). The second kappa shape index (κ2) is 58.8. The number of hydrogen-bond acceptors (Lipinski definition) is 5. The fourth-order valence-corrected chi connectivity index (χ4v) is 10.5. The third-order valence-corrected chi connectivity index (χ3v) is 15.9. The topological polar surface area (TPSA) is 105 Å². The standard InChI is InChI=1S/C68H129N2O6P/c1-6-8-10-12-14-16-18-20-22-24-26-27-28-29-30-31-32-33-34-35-36-37-38-39-40-41-42-43-44-46-48-50-52-54-56-58-60-62-68(72)69-66(65-76-77(73,74)75-64-63-70(3,4)5)67(71)61-59-57-55-53-51-49-47-45-25-23-21-19-17-15-13-11-9-7-2/h18,20,24-26,45,51,53,59,61,66-67,71H,6-17,19,21-23,27-44,46-50,52,54-58,60,62-65H2,1-5H3,(H-,69,72,73,74)/p+1/b20-18-,26-24-,45-25+,53-51+,61-59+. The Morgan fingerprint density at radius 2 is 0.753 bits per heavy atom. The molecule has 77 heavy (non-hydrogen) atoms. The van der Waals surface area contributed by atoms with Gasteiger partial charge in [-0.3, -0.25) is 13.8 Å². The van der Waals surface area contributed by atoms with E-state index in [1.807, 2.05) is 27.2 Å². The molecule has 0 aromatic heterocycles. The summed E-state index contributed by atoms with van der Waals surface area (Å²) in [4.78, 5) is 23.3. The molecule has 0 bridgehead atoms. The van der Waals surface area contributed by atoms with Crippen LogP contribution >= 0.6 is 7.82 Å². The molecule has 0 spiro atoms. The van der Waals surface area contributed by atoms with Crippen LogP contribution in [0.1, 0.15) is 316 Å². The van der Waals surface area contributed by atoms with Crippen LogP contribution in [0.3, 0.4) is 0 Å². The Morgan fingerprint density at radius 1 is 0.442 bits per heavy atom. The van der Waals surface area contributed by atoms with Crippen molar-refractivity contribution in [2.75, 3.05) is 40.9 Å². The minimum Gasteiger partial charge on any atom is -0.387 e. The highest BCUT2D eigenvalue weighted by Crippen LogP contribution is 2.43. The molecule has 3 atom stereocenters. The van der Waals surface area contributed by atoms with Crippen LogP contribution in [-0.4, -0.2) is 73.4 Å². The Balaban J connectivity index is 4.00. The molecule has 0 saturated heterocycles. The van der Waals surface area contributed by atoms with Gasteiger partial charge in [0.1, 0.15) is 13.2 Å². The van der Waals surface area contributed by atoms with E-state index in [0.717, 1.165) is 51.4 Å². The lowest BCUT2D eigenvalue weighted by Gasteiger charge is -2.25. The third-order valence-electron chi connectivity index (χ3n) is 14.9. The van der Waals surface area contributed by atoms with Crippen LogP contribution in [0.15, 0.2) is 60.8 Å². The van der Waals surface area contributed by atoms with Crippen LogP contribution in [0.5, 0.6) is 0 Å². The second-order valence-corrected chi connectivity index (χ2v) is 25.3. The Labute approximate surface area is 479 Å². The van der Waals surface area contributed by atoms with Crippen molar-refractivity contribution in [3.8, 4) is 0 Å². The van der Waals surface area contributed by atoms with Crippen molar-refractivity contribution in [2.45, 2.75) is 328 Å². The Bertz CT molecular complexity index is 1440. The number of nitrogens with one attached hydrogen (secondary N) is 1. The summed E-state index contributed by atoms with van der Waals surface area (Å²) < 4.78 is 23.7. The van der Waals surface area contributed by atoms with E-state index >= 15 is 0 Å². The van der Waals surface area contributed by atoms with Gasteiger partial charge in [-0.2, -0.15) is 0 Å². The van der Waals surface area contributed by atoms with Crippen molar-refractivity contribution >= 4 is 13.7 Å². The minimum atomic E-state index is -4.36. The number of quaternary nitrogens is 1. The van der Waals surface area contributed by atoms with E-state index in [2.05, 4.69) is 67.8 Å². The van der Waals surface area contributed by atoms with E-state index in [9.17, 15) is 19.4 Å². The first-order valence-electron chi connectivity index (χ1n) is 33.2. The number of hydrogen-bond donors (Lipinski definition) is 3. The lowest BCUT2D eigenvalue weighted by Crippen LogP contribution is -2.45. The predicted molar refractivity (Wildman–Crippen MR) is 337 cm³/mol. The molecule has 452 valence electrons. The maximum atomic E-state index is 13.0. The van der Waals surface area contributed by atoms with Crippen LogP contribution in [0.4, 0.5) is 0 Å². The number of aliphatic hydroxyl groups excluding tert-OH is 1. The van der Waals surface area contributed by atoms with Crippen molar-refractivity contribution in [1.29, 1.82) is 0 Å². The van der Waals surface area contributed by atoms with Gasteiger partial charge in [0.15, 0.2) is 0 Å². The SMILES string of the molecule is CCCCCCC/C=C\C/C=C\CCCCCCCCCCCCCCCCCCCCCCCCCCCC(=O)NC(COP(=O)(O)OCC[N+](C)(C)C)C(O)/C=C/CC/C=C/CC/C=C/CCCCCCCCCC. The van der Waals surface area contributed by atoms with E-state index in [1.54, 1.807) is 6.08 Å². The summed E-state index contributed by atoms with van der Waals surface area (Å²) in [6.45, 7) is 4.80. The fraction of sp³-hybridized carbons (Fsp3) is 0.838. The minimum absolute atomic E-state index is 0.0538. The van der Waals surface area contributed by atoms with E-state index < -0.39 is 20.0 Å². The number of amides is 1. The number of allylic oxidation sites excluding steroid dienone is 9. The highest BCUT2D eigenvalue weighted by atomic mass is 31.2. The average Bonchev–Trinajstić information content (AvgIpc) is 3.39. The summed E-state index contributed by atoms with van der Waals surface area (Å²) in [5.74, 6) is -0.186. The lowest BCUT2D eigenvalue weighted by molar-refractivity contribution is -0.870. The van der Waals surface area contributed by atoms with Gasteiger partial charge in [-0.15, -0.1) is 0 Å². The van der Waals surface area contributed by atoms with Gasteiger partial charge in [-0.1, -0.05) is 293 Å². The summed E-state index contributed by atoms with van der Waals surface area (Å²) in [6.07, 6.45) is 80.8. The molecule has 3 unspecified atom stereocenters. The van der Waals surface area contributed by atoms with Crippen molar-refractivity contribution in [2.24, 2.45) is 0 Å². The van der Waals surface area contributed by atoms with Crippen LogP contribution in [0.2, 0.25) is 0 Å². The summed E-state index contributed by atoms with van der Waals surface area (Å²) in [5.41, 5.74) is 0. The van der Waals surface area contributed by atoms with Gasteiger partial charge in [0.05, 0.1) is 39.9 Å². The van der Waals surface area contributed by atoms with Gasteiger partial charge in [-0.25, -0.2) is 4.57 Å². The van der Waals surface area contributed by atoms with Crippen LogP contribution < -0.4 is 5.32 Å². The molecule has 0 aliphatic rings. The van der Waals surface area contributed by atoms with Crippen molar-refractivity contribution in [3.63, 3.8) is 0 Å². The van der Waals surface area contributed by atoms with E-state index in [0.29, 0.717) is 17.4 Å². The molecule has 0 saturated carbocycles. The highest BCUT2D eigenvalue weighted by Gasteiger charge is 2.28. The van der Waals surface area contributed by atoms with Gasteiger partial charge < -0.3 is 19.8 Å². The number of likely N-dealkylation sites (N-methyl/N-ethyl adjacent to an activating group) is 1. The number of phosphoric acid groups is 1. The zero-order valence-corrected chi connectivity index (χ0v) is 52.6. The van der Waals surface area contributed by atoms with Crippen molar-refractivity contribution in [1.82, 2.24) is 5.32 Å². The highest BCUT2D eigenvalue weighted by molar-refractivity contribution is 7.47. The molecule has 3 N–H and O–H groups in total. The first-order chi connectivity index (χ1) is 37.5. The van der Waals surface area contributed by atoms with E-state index in [-0.39, 0.29) is 19.1 Å². The average molecular weight is 1100 g/mol. The molecule has 0 radical (unpaired) electrons. The van der Waals surface area contributed by atoms with Gasteiger partial charge in [0, 0.05) is 6.42 Å². The van der Waals surface area contributed by atoms with Gasteiger partial charge in [0.2, 0.25) is 5.91 Å². The van der Waals surface area contributed by atoms with Crippen molar-refractivity contribution in [3.05, 3.63) is 60.8 Å². The van der Waals surface area contributed by atoms with Gasteiger partial charge >= 0.3 is 7.82 Å². The molecule has 0 fully saturated rings. The van der Waals surface area contributed by atoms with Crippen LogP contribution in [0, 0.1) is 0 Å². The number of aliphatic hydroxyl groups is 1. The molecule has 0 heterocycles. The molecule has 9 heteroatoms. The predicted octanol–water partition coefficient (Wildman–Crippen LogP) is 20.8. The van der Waals surface area contributed by atoms with Crippen molar-refractivity contribution < 1.29 is 32.9 Å². The largest absolute Gasteiger partial charge is 0.472 e. The number of unbranched alkanes of at least 4 members (excludes halogenated alkanes) is 40. The molecule has 0 aromatic rings. The lowest BCUT2D eigenvalue weighted by atomic mass is 10.0. The number of rotatable bonds is 61. The second-order valence-electron chi connectivity index (χ2n) is 23.8. The molecule has 0 aliphatic heterocycles. The molecule has 0 aromatic carbocycles. The smallest absolute Gasteiger partial charge is 0.387 e. The van der Waals surface area contributed by atoms with E-state index in [4.69, 9.17) is 9.05 Å². The van der Waals surface area contributed by atoms with Crippen LogP contribution in [-0.2, 0) is 18.4 Å². The molecular formula is C68H130N2O6P+. The molecular weight excluding hydrogens is 972 g/mol. The zero-order valence-electron chi connectivity index (χ0n) is 51.7. The summed E-state index contributed by atoms with van der Waals surface area (Å²) in [7, 11) is 1.55. The molecule has 0 aliphatic carbocycles. The van der Waals surface area contributed by atoms with Gasteiger partial charge in [0.25, 0.3) is 0 Å². The normalized spacial score (nSPS) is 14.1. The summed E-state index contributed by atoms with van der Waals surface area (Å²) in [6, 6.07) is -0.870. The first-order valence-corrected chi connectivity index (χ1v) is 34.7.